The van der Waals surface area contributed by atoms with Gasteiger partial charge in [0, 0.05) is 22.4 Å². The lowest BCUT2D eigenvalue weighted by Crippen LogP contribution is -2.00. The van der Waals surface area contributed by atoms with E-state index in [9.17, 15) is 0 Å². The number of hydrogen-bond donors (Lipinski definition) is 0. The molecule has 230 valence electrons. The Hall–Kier alpha value is -6.26. The average Bonchev–Trinajstić information content (AvgIpc) is 3.17. The summed E-state index contributed by atoms with van der Waals surface area (Å²) >= 11 is 0. The van der Waals surface area contributed by atoms with Gasteiger partial charge in [0.05, 0.1) is 0 Å². The molecular weight excluding hydrogens is 585 g/mol. The van der Waals surface area contributed by atoms with E-state index in [0.29, 0.717) is 17.5 Å². The Bertz CT molecular complexity index is 2260. The first kappa shape index (κ1) is 30.4. The molecule has 0 spiro atoms. The van der Waals surface area contributed by atoms with Gasteiger partial charge in [-0.05, 0) is 95.1 Å². The molecule has 0 radical (unpaired) electrons. The predicted molar refractivity (Wildman–Crippen MR) is 201 cm³/mol. The highest BCUT2D eigenvalue weighted by Gasteiger charge is 2.16. The first-order chi connectivity index (χ1) is 23.6. The van der Waals surface area contributed by atoms with Crippen LogP contribution in [0.4, 0.5) is 0 Å². The summed E-state index contributed by atoms with van der Waals surface area (Å²) in [6.07, 6.45) is 4.08. The maximum atomic E-state index is 5.07. The maximum Gasteiger partial charge on any atom is 0.164 e. The quantitative estimate of drug-likeness (QED) is 0.126. The van der Waals surface area contributed by atoms with Gasteiger partial charge in [0.2, 0.25) is 0 Å². The van der Waals surface area contributed by atoms with Crippen LogP contribution < -0.4 is 0 Å². The van der Waals surface area contributed by atoms with Gasteiger partial charge in [-0.1, -0.05) is 127 Å². The van der Waals surface area contributed by atoms with Crippen LogP contribution in [0.2, 0.25) is 0 Å². The van der Waals surface area contributed by atoms with Crippen molar-refractivity contribution >= 4 is 23.1 Å². The summed E-state index contributed by atoms with van der Waals surface area (Å²) in [6.45, 7) is 7.70. The molecule has 6 aromatic carbocycles. The van der Waals surface area contributed by atoms with E-state index in [0.717, 1.165) is 55.8 Å². The number of benzene rings is 6. The molecule has 0 bridgehead atoms. The number of aliphatic imine (C=N–C) groups is 1. The molecule has 0 N–H and O–H groups in total. The van der Waals surface area contributed by atoms with Gasteiger partial charge in [0.25, 0.3) is 0 Å². The lowest BCUT2D eigenvalue weighted by Gasteiger charge is -2.14. The molecule has 1 heterocycles. The number of fused-ring (bicyclic) bond motifs is 1. The topological polar surface area (TPSA) is 51.0 Å². The molecule has 7 aromatic rings. The number of nitrogens with zero attached hydrogens (tertiary/aromatic N) is 4. The Kier molecular flexibility index (Phi) is 8.62. The highest BCUT2D eigenvalue weighted by atomic mass is 15.0. The van der Waals surface area contributed by atoms with Crippen molar-refractivity contribution in [1.29, 1.82) is 0 Å². The van der Waals surface area contributed by atoms with E-state index in [1.807, 2.05) is 73.7 Å². The van der Waals surface area contributed by atoms with Crippen LogP contribution in [0.3, 0.4) is 0 Å². The third-order valence-corrected chi connectivity index (χ3v) is 8.47. The molecule has 4 heteroatoms. The average molecular weight is 619 g/mol. The Morgan fingerprint density at radius 1 is 0.500 bits per heavy atom. The zero-order chi connectivity index (χ0) is 32.9. The summed E-state index contributed by atoms with van der Waals surface area (Å²) in [5, 5.41) is 2.39. The minimum atomic E-state index is 0.621. The zero-order valence-electron chi connectivity index (χ0n) is 27.0. The van der Waals surface area contributed by atoms with Crippen molar-refractivity contribution in [3.63, 3.8) is 0 Å². The SMILES string of the molecule is C=N/C(C)=C\C=C(/C)c1cccc(-c2cc(-c3nc(-c4ccccc4)nc(-c4ccccc4)n3)cc(-c3cccc4ccccc34)c2)c1. The predicted octanol–water partition coefficient (Wildman–Crippen LogP) is 11.4. The van der Waals surface area contributed by atoms with Crippen LogP contribution in [-0.4, -0.2) is 21.7 Å². The molecule has 0 saturated carbocycles. The van der Waals surface area contributed by atoms with E-state index in [1.165, 1.54) is 10.8 Å². The van der Waals surface area contributed by atoms with E-state index in [2.05, 4.69) is 110 Å². The molecule has 0 aliphatic carbocycles. The fourth-order valence-corrected chi connectivity index (χ4v) is 5.83. The lowest BCUT2D eigenvalue weighted by atomic mass is 9.92. The standard InChI is InChI=1S/C44H34N4/c1-30(24-25-31(2)45-3)35-20-12-21-36(26-35)37-27-38(41-23-13-19-32-14-10-11-22-40(32)41)29-39(28-37)44-47-42(33-15-6-4-7-16-33)46-43(48-44)34-17-8-5-9-18-34/h4-29H,3H2,1-2H3/b30-24+,31-25-. The first-order valence-corrected chi connectivity index (χ1v) is 16.0. The van der Waals surface area contributed by atoms with Gasteiger partial charge in [-0.2, -0.15) is 0 Å². The highest BCUT2D eigenvalue weighted by molar-refractivity contribution is 5.98. The van der Waals surface area contributed by atoms with E-state index < -0.39 is 0 Å². The second kappa shape index (κ2) is 13.6. The van der Waals surface area contributed by atoms with Crippen LogP contribution in [0.25, 0.3) is 72.8 Å². The van der Waals surface area contributed by atoms with Gasteiger partial charge < -0.3 is 0 Å². The third kappa shape index (κ3) is 6.51. The zero-order valence-corrected chi connectivity index (χ0v) is 27.0. The Labute approximate surface area is 281 Å². The van der Waals surface area contributed by atoms with Gasteiger partial charge in [-0.25, -0.2) is 15.0 Å². The van der Waals surface area contributed by atoms with Crippen molar-refractivity contribution in [2.24, 2.45) is 4.99 Å². The molecular formula is C44H34N4. The molecule has 7 rings (SSSR count). The third-order valence-electron chi connectivity index (χ3n) is 8.47. The van der Waals surface area contributed by atoms with E-state index in [4.69, 9.17) is 15.0 Å². The van der Waals surface area contributed by atoms with Crippen LogP contribution in [0.1, 0.15) is 19.4 Å². The molecule has 0 aliphatic rings. The van der Waals surface area contributed by atoms with Crippen LogP contribution in [0.15, 0.2) is 168 Å². The molecule has 0 unspecified atom stereocenters. The van der Waals surface area contributed by atoms with Crippen molar-refractivity contribution in [3.05, 3.63) is 169 Å². The largest absolute Gasteiger partial charge is 0.269 e. The molecule has 0 saturated heterocycles. The normalized spacial score (nSPS) is 11.9. The minimum absolute atomic E-state index is 0.621. The van der Waals surface area contributed by atoms with Crippen LogP contribution in [0, 0.1) is 0 Å². The van der Waals surface area contributed by atoms with Gasteiger partial charge in [-0.3, -0.25) is 4.99 Å². The Morgan fingerprint density at radius 2 is 1.04 bits per heavy atom. The summed E-state index contributed by atoms with van der Waals surface area (Å²) in [4.78, 5) is 19.1. The van der Waals surface area contributed by atoms with Crippen LogP contribution in [-0.2, 0) is 0 Å². The summed E-state index contributed by atoms with van der Waals surface area (Å²) in [7, 11) is 0. The van der Waals surface area contributed by atoms with Gasteiger partial charge in [-0.15, -0.1) is 0 Å². The number of allylic oxidation sites excluding steroid dienone is 4. The maximum absolute atomic E-state index is 5.07. The fraction of sp³-hybridized carbons (Fsp3) is 0.0455. The molecule has 0 atom stereocenters. The summed E-state index contributed by atoms with van der Waals surface area (Å²) in [5.74, 6) is 1.89. The van der Waals surface area contributed by atoms with Crippen molar-refractivity contribution in [1.82, 2.24) is 15.0 Å². The summed E-state index contributed by atoms with van der Waals surface area (Å²) in [6, 6.07) is 50.5. The van der Waals surface area contributed by atoms with Crippen molar-refractivity contribution in [2.75, 3.05) is 0 Å². The van der Waals surface area contributed by atoms with Crippen molar-refractivity contribution in [2.45, 2.75) is 13.8 Å². The lowest BCUT2D eigenvalue weighted by molar-refractivity contribution is 1.07. The smallest absolute Gasteiger partial charge is 0.164 e. The minimum Gasteiger partial charge on any atom is -0.269 e. The molecule has 1 aromatic heterocycles. The summed E-state index contributed by atoms with van der Waals surface area (Å²) < 4.78 is 0. The fourth-order valence-electron chi connectivity index (χ4n) is 5.83. The van der Waals surface area contributed by atoms with Crippen LogP contribution in [0.5, 0.6) is 0 Å². The number of hydrogen-bond acceptors (Lipinski definition) is 4. The van der Waals surface area contributed by atoms with Crippen LogP contribution >= 0.6 is 0 Å². The Morgan fingerprint density at radius 3 is 1.73 bits per heavy atom. The van der Waals surface area contributed by atoms with Gasteiger partial charge in [0.15, 0.2) is 17.5 Å². The molecule has 0 amide bonds. The molecule has 0 fully saturated rings. The molecule has 0 aliphatic heterocycles. The Balaban J connectivity index is 1.45. The van der Waals surface area contributed by atoms with E-state index in [-0.39, 0.29) is 0 Å². The van der Waals surface area contributed by atoms with Gasteiger partial charge >= 0.3 is 0 Å². The summed E-state index contributed by atoms with van der Waals surface area (Å²) in [5.41, 5.74) is 10.4. The molecule has 4 nitrogen and oxygen atoms in total. The highest BCUT2D eigenvalue weighted by Crippen LogP contribution is 2.36. The van der Waals surface area contributed by atoms with E-state index in [1.54, 1.807) is 0 Å². The van der Waals surface area contributed by atoms with Crippen molar-refractivity contribution < 1.29 is 0 Å². The monoisotopic (exact) mass is 618 g/mol. The van der Waals surface area contributed by atoms with Gasteiger partial charge in [0.1, 0.15) is 0 Å². The molecule has 48 heavy (non-hydrogen) atoms. The van der Waals surface area contributed by atoms with E-state index >= 15 is 0 Å². The number of rotatable bonds is 8. The second-order valence-corrected chi connectivity index (χ2v) is 11.8. The second-order valence-electron chi connectivity index (χ2n) is 11.8. The first-order valence-electron chi connectivity index (χ1n) is 16.0. The van der Waals surface area contributed by atoms with Crippen molar-refractivity contribution in [3.8, 4) is 56.4 Å². The number of aromatic nitrogens is 3.